The quantitative estimate of drug-likeness (QED) is 0.664. The Kier molecular flexibility index (Phi) is 11.1. The molecule has 0 bridgehead atoms. The number of ether oxygens (including phenoxy) is 2. The minimum absolute atomic E-state index is 0. The molecule has 0 heterocycles. The predicted octanol–water partition coefficient (Wildman–Crippen LogP) is 1.60. The number of rotatable bonds is 9. The second-order valence-electron chi connectivity index (χ2n) is 5.23. The molecular formula is C16H26ClN3O4S. The summed E-state index contributed by atoms with van der Waals surface area (Å²) in [6.45, 7) is -0.0780. The molecule has 0 aliphatic carbocycles. The van der Waals surface area contributed by atoms with Gasteiger partial charge in [-0.2, -0.15) is 11.8 Å². The smallest absolute Gasteiger partial charge is 0.243 e. The van der Waals surface area contributed by atoms with Gasteiger partial charge in [-0.15, -0.1) is 12.4 Å². The number of hydrogen-bond acceptors (Lipinski definition) is 6. The summed E-state index contributed by atoms with van der Waals surface area (Å²) in [5, 5.41) is 2.72. The second-order valence-corrected chi connectivity index (χ2v) is 6.22. The van der Waals surface area contributed by atoms with Gasteiger partial charge in [0.15, 0.2) is 0 Å². The van der Waals surface area contributed by atoms with E-state index >= 15 is 0 Å². The molecule has 7 nitrogen and oxygen atoms in total. The number of halogens is 1. The van der Waals surface area contributed by atoms with Crippen molar-refractivity contribution in [2.45, 2.75) is 12.5 Å². The number of hydrogen-bond donors (Lipinski definition) is 2. The Morgan fingerprint density at radius 1 is 1.24 bits per heavy atom. The lowest BCUT2D eigenvalue weighted by molar-refractivity contribution is -0.134. The molecule has 1 rings (SSSR count). The number of nitrogens with one attached hydrogen (secondary N) is 1. The molecule has 0 radical (unpaired) electrons. The average Bonchev–Trinajstić information content (AvgIpc) is 2.58. The number of methoxy groups -OCH3 is 2. The number of carbonyl (C=O) groups is 2. The number of nitrogens with two attached hydrogens (primary N) is 1. The van der Waals surface area contributed by atoms with Crippen LogP contribution in [0.25, 0.3) is 0 Å². The van der Waals surface area contributed by atoms with E-state index in [1.165, 1.54) is 19.1 Å². The Hall–Kier alpha value is -1.64. The van der Waals surface area contributed by atoms with E-state index in [0.29, 0.717) is 23.6 Å². The number of amides is 2. The summed E-state index contributed by atoms with van der Waals surface area (Å²) in [5.41, 5.74) is 6.37. The lowest BCUT2D eigenvalue weighted by Gasteiger charge is -2.20. The van der Waals surface area contributed by atoms with Gasteiger partial charge in [-0.3, -0.25) is 9.59 Å². The number of likely N-dealkylation sites (N-methyl/N-ethyl adjacent to an activating group) is 1. The minimum atomic E-state index is -0.591. The molecule has 142 valence electrons. The molecule has 1 atom stereocenters. The first-order valence-corrected chi connectivity index (χ1v) is 8.83. The molecule has 25 heavy (non-hydrogen) atoms. The lowest BCUT2D eigenvalue weighted by Crippen LogP contribution is -2.45. The first-order valence-electron chi connectivity index (χ1n) is 7.43. The molecule has 0 spiro atoms. The van der Waals surface area contributed by atoms with Crippen LogP contribution in [0.15, 0.2) is 18.2 Å². The van der Waals surface area contributed by atoms with Crippen LogP contribution in [-0.4, -0.2) is 62.6 Å². The normalized spacial score (nSPS) is 11.1. The third-order valence-corrected chi connectivity index (χ3v) is 3.99. The number of nitrogens with zero attached hydrogens (tertiary/aromatic N) is 1. The van der Waals surface area contributed by atoms with E-state index in [0.717, 1.165) is 5.75 Å². The van der Waals surface area contributed by atoms with Crippen molar-refractivity contribution in [1.29, 1.82) is 0 Å². The van der Waals surface area contributed by atoms with Crippen LogP contribution < -0.4 is 20.5 Å². The molecule has 0 saturated carbocycles. The topological polar surface area (TPSA) is 93.9 Å². The standard InChI is InChI=1S/C16H25N3O4S.ClH/c1-19(16(21)14(17)5-6-24-4)10-15(20)18-11-7-12(22-2)9-13(8-11)23-3;/h7-9,14H,5-6,10,17H2,1-4H3,(H,18,20);1H. The van der Waals surface area contributed by atoms with Gasteiger partial charge in [-0.1, -0.05) is 0 Å². The summed E-state index contributed by atoms with van der Waals surface area (Å²) in [4.78, 5) is 25.6. The first-order chi connectivity index (χ1) is 11.4. The highest BCUT2D eigenvalue weighted by Crippen LogP contribution is 2.25. The average molecular weight is 392 g/mol. The van der Waals surface area contributed by atoms with E-state index in [2.05, 4.69) is 5.32 Å². The van der Waals surface area contributed by atoms with Crippen molar-refractivity contribution in [2.75, 3.05) is 45.1 Å². The lowest BCUT2D eigenvalue weighted by atomic mass is 10.2. The molecule has 0 aliphatic rings. The van der Waals surface area contributed by atoms with Crippen LogP contribution in [0.2, 0.25) is 0 Å². The maximum Gasteiger partial charge on any atom is 0.243 e. The molecule has 2 amide bonds. The second kappa shape index (κ2) is 11.8. The Labute approximate surface area is 159 Å². The summed E-state index contributed by atoms with van der Waals surface area (Å²) >= 11 is 1.63. The largest absolute Gasteiger partial charge is 0.497 e. The van der Waals surface area contributed by atoms with Crippen molar-refractivity contribution in [3.8, 4) is 11.5 Å². The third-order valence-electron chi connectivity index (χ3n) is 3.34. The van der Waals surface area contributed by atoms with Crippen molar-refractivity contribution >= 4 is 41.7 Å². The van der Waals surface area contributed by atoms with Gasteiger partial charge in [0.25, 0.3) is 0 Å². The highest BCUT2D eigenvalue weighted by atomic mass is 35.5. The van der Waals surface area contributed by atoms with Crippen molar-refractivity contribution < 1.29 is 19.1 Å². The van der Waals surface area contributed by atoms with Crippen molar-refractivity contribution in [2.24, 2.45) is 5.73 Å². The van der Waals surface area contributed by atoms with Crippen LogP contribution in [0.4, 0.5) is 5.69 Å². The fourth-order valence-corrected chi connectivity index (χ4v) is 2.51. The summed E-state index contributed by atoms with van der Waals surface area (Å²) in [6, 6.07) is 4.46. The maximum absolute atomic E-state index is 12.1. The first kappa shape index (κ1) is 23.4. The molecular weight excluding hydrogens is 366 g/mol. The fraction of sp³-hybridized carbons (Fsp3) is 0.500. The van der Waals surface area contributed by atoms with Crippen molar-refractivity contribution in [3.05, 3.63) is 18.2 Å². The van der Waals surface area contributed by atoms with Gasteiger partial charge in [0, 0.05) is 30.9 Å². The SMILES string of the molecule is COc1cc(NC(=O)CN(C)C(=O)C(N)CCSC)cc(OC)c1.Cl. The number of thioether (sulfide) groups is 1. The highest BCUT2D eigenvalue weighted by molar-refractivity contribution is 7.98. The van der Waals surface area contributed by atoms with E-state index in [1.807, 2.05) is 6.26 Å². The van der Waals surface area contributed by atoms with Crippen molar-refractivity contribution in [1.82, 2.24) is 4.90 Å². The zero-order chi connectivity index (χ0) is 18.1. The minimum Gasteiger partial charge on any atom is -0.497 e. The highest BCUT2D eigenvalue weighted by Gasteiger charge is 2.19. The summed E-state index contributed by atoms with van der Waals surface area (Å²) in [5.74, 6) is 1.36. The molecule has 0 aliphatic heterocycles. The van der Waals surface area contributed by atoms with Crippen LogP contribution in [0.5, 0.6) is 11.5 Å². The zero-order valence-corrected chi connectivity index (χ0v) is 16.5. The number of carbonyl (C=O) groups excluding carboxylic acids is 2. The number of benzene rings is 1. The van der Waals surface area contributed by atoms with Crippen LogP contribution in [-0.2, 0) is 9.59 Å². The van der Waals surface area contributed by atoms with E-state index in [-0.39, 0.29) is 30.8 Å². The Morgan fingerprint density at radius 2 is 1.80 bits per heavy atom. The van der Waals surface area contributed by atoms with Crippen LogP contribution in [0, 0.1) is 0 Å². The van der Waals surface area contributed by atoms with E-state index in [1.54, 1.807) is 37.0 Å². The van der Waals surface area contributed by atoms with Gasteiger partial charge in [0.1, 0.15) is 11.5 Å². The zero-order valence-electron chi connectivity index (χ0n) is 14.9. The fourth-order valence-electron chi connectivity index (χ4n) is 2.02. The van der Waals surface area contributed by atoms with Gasteiger partial charge >= 0.3 is 0 Å². The molecule has 1 aromatic rings. The Morgan fingerprint density at radius 3 is 2.28 bits per heavy atom. The van der Waals surface area contributed by atoms with Crippen LogP contribution in [0.1, 0.15) is 6.42 Å². The van der Waals surface area contributed by atoms with Gasteiger partial charge in [0.2, 0.25) is 11.8 Å². The van der Waals surface area contributed by atoms with E-state index < -0.39 is 6.04 Å². The molecule has 0 fully saturated rings. The molecule has 1 aromatic carbocycles. The molecule has 9 heteroatoms. The Bertz CT molecular complexity index is 552. The summed E-state index contributed by atoms with van der Waals surface area (Å²) in [6.07, 6.45) is 2.54. The van der Waals surface area contributed by atoms with E-state index in [9.17, 15) is 9.59 Å². The third kappa shape index (κ3) is 7.85. The molecule has 1 unspecified atom stereocenters. The van der Waals surface area contributed by atoms with Gasteiger partial charge < -0.3 is 25.4 Å². The number of anilines is 1. The van der Waals surface area contributed by atoms with Crippen LogP contribution >= 0.6 is 24.2 Å². The van der Waals surface area contributed by atoms with Gasteiger partial charge in [-0.25, -0.2) is 0 Å². The monoisotopic (exact) mass is 391 g/mol. The molecule has 0 aromatic heterocycles. The summed E-state index contributed by atoms with van der Waals surface area (Å²) in [7, 11) is 4.62. The maximum atomic E-state index is 12.1. The summed E-state index contributed by atoms with van der Waals surface area (Å²) < 4.78 is 10.3. The molecule has 0 saturated heterocycles. The van der Waals surface area contributed by atoms with Crippen molar-refractivity contribution in [3.63, 3.8) is 0 Å². The predicted molar refractivity (Wildman–Crippen MR) is 104 cm³/mol. The van der Waals surface area contributed by atoms with Gasteiger partial charge in [0.05, 0.1) is 26.8 Å². The van der Waals surface area contributed by atoms with Crippen LogP contribution in [0.3, 0.4) is 0 Å². The molecule has 3 N–H and O–H groups in total. The Balaban J connectivity index is 0.00000576. The van der Waals surface area contributed by atoms with Gasteiger partial charge in [-0.05, 0) is 18.4 Å². The van der Waals surface area contributed by atoms with E-state index in [4.69, 9.17) is 15.2 Å².